The van der Waals surface area contributed by atoms with E-state index in [-0.39, 0.29) is 52.2 Å². The van der Waals surface area contributed by atoms with Crippen LogP contribution < -0.4 is 19.8 Å². The Morgan fingerprint density at radius 3 is 2.39 bits per heavy atom. The number of carbonyl (C=O) groups excluding carboxylic acids is 3. The number of nitrogens with zero attached hydrogens (tertiary/aromatic N) is 1. The highest BCUT2D eigenvalue weighted by atomic mass is 79.9. The van der Waals surface area contributed by atoms with Crippen molar-refractivity contribution in [2.45, 2.75) is 22.6 Å². The fourth-order valence-electron chi connectivity index (χ4n) is 7.98. The van der Waals surface area contributed by atoms with Crippen molar-refractivity contribution in [1.82, 2.24) is 4.98 Å². The quantitative estimate of drug-likeness (QED) is 0.209. The van der Waals surface area contributed by atoms with Crippen LogP contribution in [0.15, 0.2) is 85.5 Å². The van der Waals surface area contributed by atoms with E-state index in [1.54, 1.807) is 30.0 Å². The predicted molar refractivity (Wildman–Crippen MR) is 180 cm³/mol. The minimum absolute atomic E-state index is 0.00391. The Morgan fingerprint density at radius 2 is 1.65 bits per heavy atom. The highest BCUT2D eigenvalue weighted by molar-refractivity contribution is 9.10. The Kier molecular flexibility index (Phi) is 7.50. The average molecular weight is 786 g/mol. The van der Waals surface area contributed by atoms with E-state index in [9.17, 15) is 23.6 Å². The number of halogens is 3. The van der Waals surface area contributed by atoms with Crippen LogP contribution in [0.1, 0.15) is 22.8 Å². The molecule has 0 spiro atoms. The van der Waals surface area contributed by atoms with Gasteiger partial charge >= 0.3 is 4.87 Å². The van der Waals surface area contributed by atoms with Crippen LogP contribution in [-0.4, -0.2) is 34.6 Å². The molecule has 3 amide bonds. The number of hydrogen-bond donors (Lipinski definition) is 2. The second-order valence-corrected chi connectivity index (χ2v) is 16.0. The number of thioether (sulfide) groups is 1. The maximum absolute atomic E-state index is 14.0. The summed E-state index contributed by atoms with van der Waals surface area (Å²) in [6, 6.07) is 18.3. The van der Waals surface area contributed by atoms with Gasteiger partial charge in [-0.25, -0.2) is 4.39 Å². The van der Waals surface area contributed by atoms with Crippen LogP contribution in [0.3, 0.4) is 0 Å². The first kappa shape index (κ1) is 30.1. The van der Waals surface area contributed by atoms with Gasteiger partial charge in [-0.15, -0.1) is 11.8 Å². The van der Waals surface area contributed by atoms with Crippen molar-refractivity contribution < 1.29 is 23.5 Å². The minimum Gasteiger partial charge on any atom is -0.483 e. The predicted octanol–water partition coefficient (Wildman–Crippen LogP) is 6.80. The third-order valence-electron chi connectivity index (χ3n) is 9.60. The van der Waals surface area contributed by atoms with Gasteiger partial charge in [0.15, 0.2) is 6.61 Å². The Labute approximate surface area is 287 Å². The van der Waals surface area contributed by atoms with Gasteiger partial charge in [0.05, 0.1) is 22.5 Å². The number of ether oxygens (including phenoxy) is 1. The van der Waals surface area contributed by atoms with Crippen LogP contribution in [0.5, 0.6) is 5.75 Å². The number of nitrogens with one attached hydrogen (secondary N) is 2. The fraction of sp³-hybridized carbons (Fsp3) is 0.273. The summed E-state index contributed by atoms with van der Waals surface area (Å²) in [7, 11) is 0. The molecule has 2 aliphatic carbocycles. The molecule has 1 saturated heterocycles. The van der Waals surface area contributed by atoms with Gasteiger partial charge in [-0.2, -0.15) is 0 Å². The number of anilines is 2. The van der Waals surface area contributed by atoms with Crippen LogP contribution in [-0.2, 0) is 14.4 Å². The minimum atomic E-state index is -0.444. The summed E-state index contributed by atoms with van der Waals surface area (Å²) in [5.41, 5.74) is 1.83. The third-order valence-corrected chi connectivity index (χ3v) is 13.2. The van der Waals surface area contributed by atoms with Crippen molar-refractivity contribution in [3.8, 4) is 5.75 Å². The Balaban J connectivity index is 1.14. The number of hydrogen-bond acceptors (Lipinski definition) is 7. The van der Waals surface area contributed by atoms with Gasteiger partial charge < -0.3 is 15.0 Å². The summed E-state index contributed by atoms with van der Waals surface area (Å²) in [6.07, 6.45) is 0.753. The number of benzene rings is 3. The van der Waals surface area contributed by atoms with E-state index in [0.717, 1.165) is 42.2 Å². The number of aromatic amines is 1. The molecule has 46 heavy (non-hydrogen) atoms. The first-order valence-corrected chi connectivity index (χ1v) is 18.0. The number of amides is 3. The standard InChI is InChI=1S/C33H24Br2FN3O5S2/c34-14-1-8-18(9-2-14)39-31(41)26-20-12-21(27(26)32(39)42)28-25(20)24(29-30(45-28)38-33(43)46-29)19-11-15(35)3-10-22(19)44-13-23(40)37-17-6-4-16(36)5-7-17/h1-11,20-21,24-28H,12-13H2,(H,37,40)(H,38,43)/t20-,21-,24-,25?,26?,27?,28?/m1/s1. The number of carbonyl (C=O) groups is 3. The molecule has 234 valence electrons. The van der Waals surface area contributed by atoms with Gasteiger partial charge in [0.25, 0.3) is 5.91 Å². The number of fused-ring (bicyclic) bond motifs is 9. The van der Waals surface area contributed by atoms with Gasteiger partial charge in [0.1, 0.15) is 11.6 Å². The summed E-state index contributed by atoms with van der Waals surface area (Å²) in [5, 5.41) is 3.51. The molecule has 8 rings (SSSR count). The zero-order chi connectivity index (χ0) is 31.9. The number of imide groups is 1. The number of thiazole rings is 1. The average Bonchev–Trinajstić information content (AvgIpc) is 3.77. The molecule has 2 N–H and O–H groups in total. The van der Waals surface area contributed by atoms with Crippen molar-refractivity contribution >= 4 is 84.1 Å². The number of aromatic nitrogens is 1. The van der Waals surface area contributed by atoms with Crippen LogP contribution in [0.25, 0.3) is 0 Å². The largest absolute Gasteiger partial charge is 0.483 e. The van der Waals surface area contributed by atoms with Crippen LogP contribution >= 0.6 is 55.0 Å². The maximum atomic E-state index is 14.0. The van der Waals surface area contributed by atoms with E-state index >= 15 is 0 Å². The van der Waals surface area contributed by atoms with E-state index in [1.807, 2.05) is 24.3 Å². The van der Waals surface area contributed by atoms with Crippen molar-refractivity contribution in [3.05, 3.63) is 102 Å². The van der Waals surface area contributed by atoms with E-state index in [1.165, 1.54) is 29.2 Å². The highest BCUT2D eigenvalue weighted by Gasteiger charge is 2.69. The monoisotopic (exact) mass is 783 g/mol. The molecule has 4 unspecified atom stereocenters. The van der Waals surface area contributed by atoms with E-state index in [0.29, 0.717) is 17.1 Å². The normalized spacial score (nSPS) is 27.4. The maximum Gasteiger partial charge on any atom is 0.305 e. The van der Waals surface area contributed by atoms with E-state index < -0.39 is 23.6 Å². The fourth-order valence-corrected chi connectivity index (χ4v) is 11.5. The lowest BCUT2D eigenvalue weighted by atomic mass is 9.68. The lowest BCUT2D eigenvalue weighted by Crippen LogP contribution is -2.42. The summed E-state index contributed by atoms with van der Waals surface area (Å²) >= 11 is 9.81. The van der Waals surface area contributed by atoms with Gasteiger partial charge in [-0.1, -0.05) is 43.2 Å². The molecule has 13 heteroatoms. The Morgan fingerprint density at radius 1 is 0.957 bits per heavy atom. The lowest BCUT2D eigenvalue weighted by Gasteiger charge is -2.43. The van der Waals surface area contributed by atoms with Gasteiger partial charge in [-0.3, -0.25) is 24.1 Å². The van der Waals surface area contributed by atoms with Crippen LogP contribution in [0.2, 0.25) is 0 Å². The number of rotatable bonds is 6. The molecule has 4 aliphatic rings. The van der Waals surface area contributed by atoms with Crippen molar-refractivity contribution in [3.63, 3.8) is 0 Å². The molecule has 8 nitrogen and oxygen atoms in total. The molecule has 2 saturated carbocycles. The van der Waals surface area contributed by atoms with Gasteiger partial charge in [0, 0.05) is 36.2 Å². The molecule has 2 aliphatic heterocycles. The van der Waals surface area contributed by atoms with E-state index in [4.69, 9.17) is 4.74 Å². The van der Waals surface area contributed by atoms with Crippen molar-refractivity contribution in [1.29, 1.82) is 0 Å². The second-order valence-electron chi connectivity index (χ2n) is 12.0. The SMILES string of the molecule is O=C(COc1ccc(Br)cc1[C@H]1c2sc(=O)[nH]c2SC2C1[C@H]1C[C@@H]2C2C(=O)N(c3ccc(Br)cc3)C(=O)C21)Nc1ccc(F)cc1. The number of H-pyrrole nitrogens is 1. The zero-order valence-corrected chi connectivity index (χ0v) is 28.6. The van der Waals surface area contributed by atoms with Crippen molar-refractivity contribution in [2.24, 2.45) is 29.6 Å². The molecule has 7 atom stereocenters. The lowest BCUT2D eigenvalue weighted by molar-refractivity contribution is -0.123. The van der Waals surface area contributed by atoms with Crippen molar-refractivity contribution in [2.75, 3.05) is 16.8 Å². The first-order valence-electron chi connectivity index (χ1n) is 14.7. The second kappa shape index (κ2) is 11.5. The topological polar surface area (TPSA) is 109 Å². The summed E-state index contributed by atoms with van der Waals surface area (Å²) < 4.78 is 21.1. The molecule has 3 heterocycles. The van der Waals surface area contributed by atoms with Gasteiger partial charge in [-0.05, 0) is 90.9 Å². The van der Waals surface area contributed by atoms with Crippen LogP contribution in [0, 0.1) is 35.4 Å². The molecule has 0 radical (unpaired) electrons. The highest BCUT2D eigenvalue weighted by Crippen LogP contribution is 2.69. The molecule has 4 aromatic rings. The molecule has 3 fully saturated rings. The smallest absolute Gasteiger partial charge is 0.305 e. The first-order chi connectivity index (χ1) is 22.2. The zero-order valence-electron chi connectivity index (χ0n) is 23.7. The molecular formula is C33H24Br2FN3O5S2. The summed E-state index contributed by atoms with van der Waals surface area (Å²) in [6.45, 7) is -0.288. The molecular weight excluding hydrogens is 761 g/mol. The van der Waals surface area contributed by atoms with Gasteiger partial charge in [0.2, 0.25) is 11.8 Å². The molecule has 2 bridgehead atoms. The summed E-state index contributed by atoms with van der Waals surface area (Å²) in [4.78, 5) is 58.6. The Hall–Kier alpha value is -3.26. The molecule has 3 aromatic carbocycles. The Bertz CT molecular complexity index is 1970. The summed E-state index contributed by atoms with van der Waals surface area (Å²) in [5.74, 6) is -1.92. The van der Waals surface area contributed by atoms with E-state index in [2.05, 4.69) is 42.2 Å². The third kappa shape index (κ3) is 4.89. The van der Waals surface area contributed by atoms with Crippen LogP contribution in [0.4, 0.5) is 15.8 Å². The molecule has 1 aromatic heterocycles.